The Morgan fingerprint density at radius 3 is 2.45 bits per heavy atom. The molecular weight excluding hydrogens is 431 g/mol. The molecule has 0 aliphatic carbocycles. The first-order chi connectivity index (χ1) is 15.7. The molecule has 0 fully saturated rings. The topological polar surface area (TPSA) is 133 Å². The molecule has 8 nitrogen and oxygen atoms in total. The number of oxazole rings is 1. The van der Waals surface area contributed by atoms with Gasteiger partial charge in [-0.05, 0) is 43.4 Å². The molecule has 1 heterocycles. The van der Waals surface area contributed by atoms with Gasteiger partial charge in [0.25, 0.3) is 5.91 Å². The van der Waals surface area contributed by atoms with Crippen molar-refractivity contribution in [1.82, 2.24) is 10.3 Å². The zero-order chi connectivity index (χ0) is 24.0. The van der Waals surface area contributed by atoms with Crippen LogP contribution in [0.25, 0.3) is 11.1 Å². The van der Waals surface area contributed by atoms with E-state index in [-0.39, 0.29) is 37.4 Å². The summed E-state index contributed by atoms with van der Waals surface area (Å²) < 4.78 is 18.7. The first kappa shape index (κ1) is 23.9. The van der Waals surface area contributed by atoms with E-state index in [1.165, 1.54) is 13.0 Å². The highest BCUT2D eigenvalue weighted by molar-refractivity contribution is 5.92. The summed E-state index contributed by atoms with van der Waals surface area (Å²) in [7, 11) is 0. The van der Waals surface area contributed by atoms with Gasteiger partial charge in [-0.2, -0.15) is 0 Å². The predicted octanol–water partition coefficient (Wildman–Crippen LogP) is 2.98. The Morgan fingerprint density at radius 2 is 1.88 bits per heavy atom. The highest BCUT2D eigenvalue weighted by Crippen LogP contribution is 2.30. The van der Waals surface area contributed by atoms with E-state index in [4.69, 9.17) is 0 Å². The van der Waals surface area contributed by atoms with E-state index >= 15 is 0 Å². The van der Waals surface area contributed by atoms with Crippen molar-refractivity contribution in [3.05, 3.63) is 82.4 Å². The van der Waals surface area contributed by atoms with Crippen molar-refractivity contribution in [3.63, 3.8) is 0 Å². The molecule has 0 saturated carbocycles. The molecule has 0 aliphatic rings. The second kappa shape index (κ2) is 10.3. The summed E-state index contributed by atoms with van der Waals surface area (Å²) in [5.74, 6) is -2.84. The minimum absolute atomic E-state index is 0.00344. The van der Waals surface area contributed by atoms with E-state index in [0.29, 0.717) is 11.1 Å². The van der Waals surface area contributed by atoms with Crippen molar-refractivity contribution in [2.45, 2.75) is 32.2 Å². The summed E-state index contributed by atoms with van der Waals surface area (Å²) in [5.41, 5.74) is 0.559. The predicted molar refractivity (Wildman–Crippen MR) is 118 cm³/mol. The van der Waals surface area contributed by atoms with Gasteiger partial charge in [-0.3, -0.25) is 14.6 Å². The van der Waals surface area contributed by atoms with Crippen molar-refractivity contribution in [3.8, 4) is 11.1 Å². The maximum absolute atomic E-state index is 14.1. The number of carbonyl (C=O) groups is 2. The number of aliphatic carboxylic acids is 1. The molecule has 0 saturated heterocycles. The number of aliphatic hydroxyl groups is 1. The standard InChI is InChI=1S/C24H25FN2O6/c1-24(10-11-28,22(30)31)13-17(26-21(29)20-14-33-23(32)27-20)12-15-6-8-16(9-7-15)18-4-2-3-5-19(18)25/h2-9,14,17,28H,10-13H2,1H3,(H,26,29)(H,27,32)(H,30,31)/t17-,24?/m1/s1. The van der Waals surface area contributed by atoms with Crippen molar-refractivity contribution in [2.24, 2.45) is 5.41 Å². The van der Waals surface area contributed by atoms with Crippen molar-refractivity contribution in [2.75, 3.05) is 6.61 Å². The number of hydrogen-bond acceptors (Lipinski definition) is 5. The van der Waals surface area contributed by atoms with Gasteiger partial charge in [0, 0.05) is 18.2 Å². The summed E-state index contributed by atoms with van der Waals surface area (Å²) in [6, 6.07) is 12.8. The third-order valence-corrected chi connectivity index (χ3v) is 5.60. The minimum Gasteiger partial charge on any atom is -0.481 e. The first-order valence-electron chi connectivity index (χ1n) is 10.4. The molecule has 0 spiro atoms. The van der Waals surface area contributed by atoms with Crippen LogP contribution in [-0.4, -0.2) is 39.7 Å². The van der Waals surface area contributed by atoms with Crippen LogP contribution in [0.5, 0.6) is 0 Å². The minimum atomic E-state index is -1.29. The van der Waals surface area contributed by atoms with Crippen LogP contribution in [0.4, 0.5) is 4.39 Å². The van der Waals surface area contributed by atoms with Gasteiger partial charge in [-0.1, -0.05) is 42.5 Å². The van der Waals surface area contributed by atoms with Gasteiger partial charge in [0.1, 0.15) is 17.8 Å². The Kier molecular flexibility index (Phi) is 7.44. The lowest BCUT2D eigenvalue weighted by molar-refractivity contribution is -0.149. The average Bonchev–Trinajstić information content (AvgIpc) is 3.21. The van der Waals surface area contributed by atoms with Gasteiger partial charge in [0.2, 0.25) is 0 Å². The van der Waals surface area contributed by atoms with Gasteiger partial charge in [0.15, 0.2) is 0 Å². The van der Waals surface area contributed by atoms with E-state index < -0.39 is 29.1 Å². The molecule has 174 valence electrons. The first-order valence-corrected chi connectivity index (χ1v) is 10.4. The number of nitrogens with one attached hydrogen (secondary N) is 2. The highest BCUT2D eigenvalue weighted by Gasteiger charge is 2.36. The number of aromatic amines is 1. The molecule has 2 aromatic carbocycles. The summed E-state index contributed by atoms with van der Waals surface area (Å²) in [6.07, 6.45) is 1.30. The lowest BCUT2D eigenvalue weighted by Gasteiger charge is -2.29. The van der Waals surface area contributed by atoms with Crippen LogP contribution in [0.15, 0.2) is 64.0 Å². The number of H-pyrrole nitrogens is 1. The van der Waals surface area contributed by atoms with Crippen LogP contribution in [-0.2, 0) is 11.2 Å². The molecule has 9 heteroatoms. The zero-order valence-corrected chi connectivity index (χ0v) is 18.0. The SMILES string of the molecule is CC(CCO)(C[C@@H](Cc1ccc(-c2ccccc2F)cc1)NC(=O)c1coc(=O)[nH]1)C(=O)O. The molecule has 3 aromatic rings. The number of carboxylic acids is 1. The van der Waals surface area contributed by atoms with Gasteiger partial charge in [0.05, 0.1) is 5.41 Å². The third kappa shape index (κ3) is 5.95. The van der Waals surface area contributed by atoms with Gasteiger partial charge in [-0.25, -0.2) is 9.18 Å². The summed E-state index contributed by atoms with van der Waals surface area (Å²) in [6.45, 7) is 1.18. The number of hydrogen-bond donors (Lipinski definition) is 4. The number of benzene rings is 2. The molecule has 4 N–H and O–H groups in total. The molecule has 3 rings (SSSR count). The maximum atomic E-state index is 14.1. The Labute approximate surface area is 189 Å². The zero-order valence-electron chi connectivity index (χ0n) is 18.0. The number of aromatic nitrogens is 1. The average molecular weight is 456 g/mol. The van der Waals surface area contributed by atoms with Crippen LogP contribution in [0, 0.1) is 11.2 Å². The second-order valence-corrected chi connectivity index (χ2v) is 8.16. The number of carbonyl (C=O) groups excluding carboxylic acids is 1. The van der Waals surface area contributed by atoms with E-state index in [1.807, 2.05) is 0 Å². The van der Waals surface area contributed by atoms with E-state index in [9.17, 15) is 29.0 Å². The molecule has 0 aliphatic heterocycles. The van der Waals surface area contributed by atoms with Gasteiger partial charge in [-0.15, -0.1) is 0 Å². The molecule has 1 unspecified atom stereocenters. The lowest BCUT2D eigenvalue weighted by Crippen LogP contribution is -2.43. The highest BCUT2D eigenvalue weighted by atomic mass is 19.1. The summed E-state index contributed by atoms with van der Waals surface area (Å²) >= 11 is 0. The van der Waals surface area contributed by atoms with Crippen LogP contribution in [0.2, 0.25) is 0 Å². The molecule has 2 atom stereocenters. The fraction of sp³-hybridized carbons (Fsp3) is 0.292. The fourth-order valence-electron chi connectivity index (χ4n) is 3.72. The lowest BCUT2D eigenvalue weighted by atomic mass is 9.79. The Morgan fingerprint density at radius 1 is 1.18 bits per heavy atom. The van der Waals surface area contributed by atoms with Crippen molar-refractivity contribution < 1.29 is 28.6 Å². The number of amides is 1. The molecule has 0 bridgehead atoms. The molecule has 1 amide bonds. The quantitative estimate of drug-likeness (QED) is 0.371. The number of halogens is 1. The Hall–Kier alpha value is -3.72. The maximum Gasteiger partial charge on any atom is 0.416 e. The van der Waals surface area contributed by atoms with Crippen molar-refractivity contribution >= 4 is 11.9 Å². The van der Waals surface area contributed by atoms with E-state index in [2.05, 4.69) is 14.7 Å². The Balaban J connectivity index is 1.83. The fourth-order valence-corrected chi connectivity index (χ4v) is 3.72. The molecule has 1 aromatic heterocycles. The smallest absolute Gasteiger partial charge is 0.416 e. The van der Waals surface area contributed by atoms with E-state index in [1.54, 1.807) is 42.5 Å². The Bertz CT molecular complexity index is 1170. The van der Waals surface area contributed by atoms with Gasteiger partial charge < -0.3 is 19.9 Å². The molecular formula is C24H25FN2O6. The summed E-state index contributed by atoms with van der Waals surface area (Å²) in [5, 5.41) is 21.8. The molecule has 33 heavy (non-hydrogen) atoms. The number of carboxylic acid groups (broad SMARTS) is 1. The summed E-state index contributed by atoms with van der Waals surface area (Å²) in [4.78, 5) is 37.9. The van der Waals surface area contributed by atoms with Crippen LogP contribution >= 0.6 is 0 Å². The van der Waals surface area contributed by atoms with Crippen LogP contribution in [0.1, 0.15) is 35.8 Å². The van der Waals surface area contributed by atoms with Gasteiger partial charge >= 0.3 is 11.7 Å². The molecule has 0 radical (unpaired) electrons. The second-order valence-electron chi connectivity index (χ2n) is 8.16. The van der Waals surface area contributed by atoms with Crippen LogP contribution in [0.3, 0.4) is 0 Å². The number of aliphatic hydroxyl groups excluding tert-OH is 1. The monoisotopic (exact) mass is 456 g/mol. The largest absolute Gasteiger partial charge is 0.481 e. The van der Waals surface area contributed by atoms with E-state index in [0.717, 1.165) is 11.8 Å². The number of rotatable bonds is 10. The van der Waals surface area contributed by atoms with Crippen molar-refractivity contribution in [1.29, 1.82) is 0 Å². The van der Waals surface area contributed by atoms with Crippen LogP contribution < -0.4 is 11.1 Å². The third-order valence-electron chi connectivity index (χ3n) is 5.60. The normalized spacial score (nSPS) is 13.8.